The summed E-state index contributed by atoms with van der Waals surface area (Å²) in [4.78, 5) is 19.4. The number of fused-ring (bicyclic) bond motifs is 2. The van der Waals surface area contributed by atoms with Crippen molar-refractivity contribution in [2.45, 2.75) is 19.9 Å². The van der Waals surface area contributed by atoms with E-state index in [1.165, 1.54) is 24.8 Å². The van der Waals surface area contributed by atoms with Gasteiger partial charge in [0.1, 0.15) is 17.3 Å². The zero-order valence-corrected chi connectivity index (χ0v) is 14.8. The molecule has 0 saturated carbocycles. The van der Waals surface area contributed by atoms with Crippen molar-refractivity contribution in [3.05, 3.63) is 70.7 Å². The lowest BCUT2D eigenvalue weighted by atomic mass is 9.99. The summed E-state index contributed by atoms with van der Waals surface area (Å²) >= 11 is 0. The van der Waals surface area contributed by atoms with Crippen LogP contribution in [0.15, 0.2) is 42.5 Å². The second-order valence-electron chi connectivity index (χ2n) is 6.57. The van der Waals surface area contributed by atoms with E-state index in [-0.39, 0.29) is 11.7 Å². The number of benzene rings is 2. The van der Waals surface area contributed by atoms with Gasteiger partial charge in [-0.05, 0) is 42.2 Å². The van der Waals surface area contributed by atoms with Gasteiger partial charge < -0.3 is 9.64 Å². The highest BCUT2D eigenvalue weighted by molar-refractivity contribution is 5.98. The Hall–Kier alpha value is -2.95. The van der Waals surface area contributed by atoms with E-state index in [0.717, 1.165) is 12.0 Å². The topological polar surface area (TPSA) is 42.4 Å². The fourth-order valence-electron chi connectivity index (χ4n) is 3.54. The molecule has 2 heterocycles. The van der Waals surface area contributed by atoms with Crippen molar-refractivity contribution in [1.29, 1.82) is 0 Å². The Morgan fingerprint density at radius 2 is 1.96 bits per heavy atom. The maximum atomic E-state index is 13.7. The summed E-state index contributed by atoms with van der Waals surface area (Å²) in [5.74, 6) is -0.0244. The first-order valence-corrected chi connectivity index (χ1v) is 8.58. The van der Waals surface area contributed by atoms with E-state index in [1.54, 1.807) is 17.9 Å². The highest BCUT2D eigenvalue weighted by atomic mass is 19.1. The molecule has 5 heteroatoms. The van der Waals surface area contributed by atoms with Gasteiger partial charge in [0, 0.05) is 24.5 Å². The number of aromatic nitrogens is 1. The maximum absolute atomic E-state index is 13.7. The molecule has 4 rings (SSSR count). The van der Waals surface area contributed by atoms with Crippen LogP contribution in [0, 0.1) is 12.7 Å². The van der Waals surface area contributed by atoms with Crippen molar-refractivity contribution in [2.24, 2.45) is 0 Å². The summed E-state index contributed by atoms with van der Waals surface area (Å²) in [5.41, 5.74) is 4.04. The van der Waals surface area contributed by atoms with Crippen LogP contribution in [0.3, 0.4) is 0 Å². The van der Waals surface area contributed by atoms with Gasteiger partial charge in [-0.15, -0.1) is 0 Å². The lowest BCUT2D eigenvalue weighted by molar-refractivity contribution is 0.0729. The first-order valence-electron chi connectivity index (χ1n) is 8.58. The van der Waals surface area contributed by atoms with Gasteiger partial charge in [-0.25, -0.2) is 9.37 Å². The predicted molar refractivity (Wildman–Crippen MR) is 97.9 cm³/mol. The minimum Gasteiger partial charge on any atom is -0.496 e. The molecular weight excluding hydrogens is 331 g/mol. The van der Waals surface area contributed by atoms with Crippen molar-refractivity contribution in [3.63, 3.8) is 0 Å². The number of amides is 1. The fraction of sp³-hybridized carbons (Fsp3) is 0.238. The van der Waals surface area contributed by atoms with Crippen molar-refractivity contribution in [2.75, 3.05) is 13.7 Å². The summed E-state index contributed by atoms with van der Waals surface area (Å²) in [6.45, 7) is 3.00. The van der Waals surface area contributed by atoms with Crippen molar-refractivity contribution < 1.29 is 13.9 Å². The molecular formula is C21H19FN2O2. The van der Waals surface area contributed by atoms with Crippen molar-refractivity contribution in [3.8, 4) is 5.75 Å². The van der Waals surface area contributed by atoms with Crippen LogP contribution in [0.2, 0.25) is 0 Å². The number of ether oxygens (including phenoxy) is 1. The molecule has 0 saturated heterocycles. The molecule has 0 spiro atoms. The lowest BCUT2D eigenvalue weighted by Crippen LogP contribution is -2.36. The van der Waals surface area contributed by atoms with Crippen molar-refractivity contribution >= 4 is 16.8 Å². The highest BCUT2D eigenvalue weighted by Crippen LogP contribution is 2.29. The molecule has 1 aliphatic heterocycles. The number of rotatable bonds is 2. The van der Waals surface area contributed by atoms with E-state index >= 15 is 0 Å². The number of hydrogen-bond donors (Lipinski definition) is 0. The summed E-state index contributed by atoms with van der Waals surface area (Å²) in [5, 5.41) is 0.575. The molecule has 0 N–H and O–H groups in total. The molecule has 26 heavy (non-hydrogen) atoms. The van der Waals surface area contributed by atoms with E-state index in [4.69, 9.17) is 4.74 Å². The second kappa shape index (κ2) is 6.41. The summed E-state index contributed by atoms with van der Waals surface area (Å²) in [7, 11) is 1.51. The number of carbonyl (C=O) groups excluding carboxylic acids is 1. The molecule has 0 atom stereocenters. The van der Waals surface area contributed by atoms with Crippen LogP contribution in [-0.4, -0.2) is 29.4 Å². The van der Waals surface area contributed by atoms with Gasteiger partial charge in [0.05, 0.1) is 12.6 Å². The fourth-order valence-corrected chi connectivity index (χ4v) is 3.54. The Balaban J connectivity index is 1.74. The summed E-state index contributed by atoms with van der Waals surface area (Å²) in [6, 6.07) is 12.6. The van der Waals surface area contributed by atoms with Crippen LogP contribution in [0.1, 0.15) is 27.2 Å². The van der Waals surface area contributed by atoms with E-state index in [2.05, 4.69) is 17.1 Å². The molecule has 2 aromatic carbocycles. The molecule has 0 unspecified atom stereocenters. The molecule has 4 nitrogen and oxygen atoms in total. The molecule has 1 aliphatic rings. The van der Waals surface area contributed by atoms with Crippen LogP contribution >= 0.6 is 0 Å². The van der Waals surface area contributed by atoms with E-state index in [1.807, 2.05) is 12.1 Å². The van der Waals surface area contributed by atoms with E-state index < -0.39 is 0 Å². The molecule has 1 amide bonds. The third-order valence-electron chi connectivity index (χ3n) is 4.89. The van der Waals surface area contributed by atoms with E-state index in [0.29, 0.717) is 41.0 Å². The molecule has 0 aliphatic carbocycles. The number of hydrogen-bond acceptors (Lipinski definition) is 3. The number of nitrogens with zero attached hydrogens (tertiary/aromatic N) is 2. The Bertz CT molecular complexity index is 1020. The molecule has 1 aromatic heterocycles. The zero-order valence-electron chi connectivity index (χ0n) is 14.8. The molecule has 3 aromatic rings. The zero-order chi connectivity index (χ0) is 18.3. The largest absolute Gasteiger partial charge is 0.496 e. The minimum absolute atomic E-state index is 0.136. The molecule has 0 fully saturated rings. The Labute approximate surface area is 151 Å². The second-order valence-corrected chi connectivity index (χ2v) is 6.57. The Kier molecular flexibility index (Phi) is 4.07. The number of pyridine rings is 1. The smallest absolute Gasteiger partial charge is 0.272 e. The molecule has 132 valence electrons. The van der Waals surface area contributed by atoms with E-state index in [9.17, 15) is 9.18 Å². The van der Waals surface area contributed by atoms with Gasteiger partial charge in [-0.1, -0.05) is 24.3 Å². The monoisotopic (exact) mass is 350 g/mol. The highest BCUT2D eigenvalue weighted by Gasteiger charge is 2.24. The Morgan fingerprint density at radius 1 is 1.19 bits per heavy atom. The maximum Gasteiger partial charge on any atom is 0.272 e. The van der Waals surface area contributed by atoms with Gasteiger partial charge in [0.2, 0.25) is 0 Å². The SMILES string of the molecule is COc1cc(C(=O)N2CCc3ccccc3C2)nc2c(C)cc(F)cc12. The standard InChI is InChI=1S/C21H19FN2O2/c1-13-9-16(22)10-17-19(26-2)11-18(23-20(13)17)21(25)24-8-7-14-5-3-4-6-15(14)12-24/h3-6,9-11H,7-8,12H2,1-2H3. The quantitative estimate of drug-likeness (QED) is 0.704. The third-order valence-corrected chi connectivity index (χ3v) is 4.89. The number of carbonyl (C=O) groups is 1. The molecule has 0 radical (unpaired) electrons. The lowest BCUT2D eigenvalue weighted by Gasteiger charge is -2.28. The average molecular weight is 350 g/mol. The van der Waals surface area contributed by atoms with Gasteiger partial charge in [0.15, 0.2) is 0 Å². The number of aryl methyl sites for hydroxylation is 1. The minimum atomic E-state index is -0.346. The van der Waals surface area contributed by atoms with Crippen LogP contribution in [-0.2, 0) is 13.0 Å². The van der Waals surface area contributed by atoms with Crippen LogP contribution in [0.4, 0.5) is 4.39 Å². The first kappa shape index (κ1) is 16.5. The van der Waals surface area contributed by atoms with Gasteiger partial charge >= 0.3 is 0 Å². The molecule has 0 bridgehead atoms. The van der Waals surface area contributed by atoms with Gasteiger partial charge in [-0.2, -0.15) is 0 Å². The normalized spacial score (nSPS) is 13.6. The van der Waals surface area contributed by atoms with Gasteiger partial charge in [-0.3, -0.25) is 4.79 Å². The first-order chi connectivity index (χ1) is 12.6. The summed E-state index contributed by atoms with van der Waals surface area (Å²) < 4.78 is 19.1. The Morgan fingerprint density at radius 3 is 2.73 bits per heavy atom. The summed E-state index contributed by atoms with van der Waals surface area (Å²) in [6.07, 6.45) is 0.830. The predicted octanol–water partition coefficient (Wildman–Crippen LogP) is 3.89. The van der Waals surface area contributed by atoms with Crippen LogP contribution in [0.25, 0.3) is 10.9 Å². The number of halogens is 1. The average Bonchev–Trinajstić information content (AvgIpc) is 2.66. The van der Waals surface area contributed by atoms with Crippen LogP contribution < -0.4 is 4.74 Å². The third kappa shape index (κ3) is 2.79. The number of methoxy groups -OCH3 is 1. The van der Waals surface area contributed by atoms with Crippen LogP contribution in [0.5, 0.6) is 5.75 Å². The van der Waals surface area contributed by atoms with Gasteiger partial charge in [0.25, 0.3) is 5.91 Å². The van der Waals surface area contributed by atoms with Crippen molar-refractivity contribution in [1.82, 2.24) is 9.88 Å².